The summed E-state index contributed by atoms with van der Waals surface area (Å²) in [5.74, 6) is 0.320. The normalized spacial score (nSPS) is 10.9. The highest BCUT2D eigenvalue weighted by atomic mass is 31.1. The Morgan fingerprint density at radius 1 is 0.833 bits per heavy atom. The lowest BCUT2D eigenvalue weighted by molar-refractivity contribution is 0.272. The van der Waals surface area contributed by atoms with Gasteiger partial charge in [-0.3, -0.25) is 0 Å². The van der Waals surface area contributed by atoms with Gasteiger partial charge in [0.2, 0.25) is 0 Å². The second-order valence-corrected chi connectivity index (χ2v) is 4.17. The van der Waals surface area contributed by atoms with Crippen LogP contribution in [0.15, 0.2) is 48.5 Å². The van der Waals surface area contributed by atoms with Gasteiger partial charge in [-0.1, -0.05) is 24.3 Å². The van der Waals surface area contributed by atoms with Crippen LogP contribution < -0.4 is 0 Å². The van der Waals surface area contributed by atoms with Crippen molar-refractivity contribution in [3.05, 3.63) is 59.7 Å². The van der Waals surface area contributed by atoms with Gasteiger partial charge in [0.25, 0.3) is 0 Å². The Balaban J connectivity index is 2.35. The maximum absolute atomic E-state index is 10.7. The molecule has 0 aliphatic heterocycles. The molecule has 0 bridgehead atoms. The number of hydrogen-bond donors (Lipinski definition) is 2. The van der Waals surface area contributed by atoms with Crippen molar-refractivity contribution in [2.24, 2.45) is 0 Å². The van der Waals surface area contributed by atoms with E-state index in [1.165, 1.54) is 0 Å². The highest BCUT2D eigenvalue weighted by Crippen LogP contribution is 2.31. The molecule has 0 aliphatic carbocycles. The van der Waals surface area contributed by atoms with Gasteiger partial charge in [0.1, 0.15) is 11.5 Å². The van der Waals surface area contributed by atoms with Gasteiger partial charge in [-0.05, 0) is 40.0 Å². The molecule has 4 nitrogen and oxygen atoms in total. The monoisotopic (exact) mass is 263 g/mol. The molecule has 0 saturated heterocycles. The van der Waals surface area contributed by atoms with Crippen LogP contribution in [0.5, 0.6) is 11.5 Å². The molecule has 0 aliphatic rings. The van der Waals surface area contributed by atoms with Crippen molar-refractivity contribution in [1.29, 1.82) is 0 Å². The van der Waals surface area contributed by atoms with Crippen LogP contribution in [-0.2, 0) is 9.09 Å². The Hall–Kier alpha value is -1.90. The first kappa shape index (κ1) is 12.6. The van der Waals surface area contributed by atoms with Gasteiger partial charge < -0.3 is 10.2 Å². The summed E-state index contributed by atoms with van der Waals surface area (Å²) < 4.78 is 15.9. The second-order valence-electron chi connectivity index (χ2n) is 3.76. The van der Waals surface area contributed by atoms with E-state index in [1.54, 1.807) is 48.5 Å². The number of aromatic hydroxyl groups is 2. The van der Waals surface area contributed by atoms with Crippen molar-refractivity contribution in [3.8, 4) is 11.5 Å². The fourth-order valence-electron chi connectivity index (χ4n) is 1.67. The van der Waals surface area contributed by atoms with E-state index >= 15 is 0 Å². The third kappa shape index (κ3) is 2.86. The predicted molar refractivity (Wildman–Crippen MR) is 68.1 cm³/mol. The molecule has 18 heavy (non-hydrogen) atoms. The van der Waals surface area contributed by atoms with Gasteiger partial charge in [0.15, 0.2) is 6.10 Å². The first-order valence-electron chi connectivity index (χ1n) is 5.31. The summed E-state index contributed by atoms with van der Waals surface area (Å²) in [6.45, 7) is 0. The fourth-order valence-corrected chi connectivity index (χ4v) is 2.04. The zero-order chi connectivity index (χ0) is 13.0. The summed E-state index contributed by atoms with van der Waals surface area (Å²) in [6.07, 6.45) is -0.484. The summed E-state index contributed by atoms with van der Waals surface area (Å²) in [5.41, 5.74) is 1.56. The lowest BCUT2D eigenvalue weighted by Gasteiger charge is -2.11. The SMILES string of the molecule is O=[PH+]OC(c1ccc(O)cc1)c1ccc(O)cc1. The van der Waals surface area contributed by atoms with E-state index in [1.807, 2.05) is 0 Å². The third-order valence-corrected chi connectivity index (χ3v) is 2.89. The predicted octanol–water partition coefficient (Wildman–Crippen LogP) is 3.14. The Morgan fingerprint density at radius 3 is 1.56 bits per heavy atom. The summed E-state index contributed by atoms with van der Waals surface area (Å²) in [4.78, 5) is 0. The van der Waals surface area contributed by atoms with Gasteiger partial charge in [-0.25, -0.2) is 0 Å². The molecule has 92 valence electrons. The van der Waals surface area contributed by atoms with Crippen molar-refractivity contribution < 1.29 is 19.3 Å². The largest absolute Gasteiger partial charge is 0.508 e. The molecular weight excluding hydrogens is 251 g/mol. The van der Waals surface area contributed by atoms with E-state index in [4.69, 9.17) is 4.52 Å². The van der Waals surface area contributed by atoms with Gasteiger partial charge in [0, 0.05) is 0 Å². The van der Waals surface area contributed by atoms with Crippen LogP contribution in [0.1, 0.15) is 17.2 Å². The van der Waals surface area contributed by atoms with E-state index < -0.39 is 14.8 Å². The molecule has 0 saturated carbocycles. The zero-order valence-electron chi connectivity index (χ0n) is 9.41. The van der Waals surface area contributed by atoms with E-state index in [-0.39, 0.29) is 11.5 Å². The smallest absolute Gasteiger partial charge is 0.495 e. The standard InChI is InChI=1S/C13H11O4P/c14-11-5-1-9(2-6-11)13(17-18-16)10-3-7-12(15)8-4-10/h1-8,13,18H,(H-,14,15)/p+1. The van der Waals surface area contributed by atoms with Crippen molar-refractivity contribution in [3.63, 3.8) is 0 Å². The van der Waals surface area contributed by atoms with E-state index in [0.717, 1.165) is 11.1 Å². The summed E-state index contributed by atoms with van der Waals surface area (Å²) >= 11 is 0. The molecule has 0 aromatic heterocycles. The first-order valence-corrected chi connectivity index (χ1v) is 6.13. The van der Waals surface area contributed by atoms with Crippen LogP contribution in [0.3, 0.4) is 0 Å². The van der Waals surface area contributed by atoms with Crippen LogP contribution >= 0.6 is 8.69 Å². The second kappa shape index (κ2) is 5.63. The topological polar surface area (TPSA) is 66.8 Å². The van der Waals surface area contributed by atoms with E-state index in [2.05, 4.69) is 0 Å². The van der Waals surface area contributed by atoms with Gasteiger partial charge in [0.05, 0.1) is 0 Å². The zero-order valence-corrected chi connectivity index (χ0v) is 10.4. The lowest BCUT2D eigenvalue weighted by atomic mass is 10.0. The van der Waals surface area contributed by atoms with Gasteiger partial charge in [-0.15, -0.1) is 4.52 Å². The Morgan fingerprint density at radius 2 is 1.22 bits per heavy atom. The summed E-state index contributed by atoms with van der Waals surface area (Å²) in [7, 11) is -0.891. The minimum atomic E-state index is -0.891. The highest BCUT2D eigenvalue weighted by Gasteiger charge is 2.19. The number of phenols is 2. The molecule has 2 rings (SSSR count). The van der Waals surface area contributed by atoms with Crippen molar-refractivity contribution in [2.75, 3.05) is 0 Å². The molecule has 1 unspecified atom stereocenters. The van der Waals surface area contributed by atoms with Crippen LogP contribution in [0.25, 0.3) is 0 Å². The van der Waals surface area contributed by atoms with Crippen molar-refractivity contribution in [2.45, 2.75) is 6.10 Å². The minimum absolute atomic E-state index is 0.160. The number of benzene rings is 2. The molecule has 0 fully saturated rings. The molecule has 0 heterocycles. The third-order valence-electron chi connectivity index (χ3n) is 2.56. The van der Waals surface area contributed by atoms with Crippen LogP contribution in [-0.4, -0.2) is 10.2 Å². The van der Waals surface area contributed by atoms with Crippen molar-refractivity contribution in [1.82, 2.24) is 0 Å². The molecule has 0 spiro atoms. The Labute approximate surface area is 106 Å². The number of phenolic OH excluding ortho intramolecular Hbond substituents is 2. The van der Waals surface area contributed by atoms with Crippen LogP contribution in [0.2, 0.25) is 0 Å². The molecule has 1 atom stereocenters. The molecule has 0 radical (unpaired) electrons. The number of hydrogen-bond acceptors (Lipinski definition) is 4. The lowest BCUT2D eigenvalue weighted by Crippen LogP contribution is -2.00. The maximum atomic E-state index is 10.7. The fraction of sp³-hybridized carbons (Fsp3) is 0.0769. The molecular formula is C13H12O4P+. The van der Waals surface area contributed by atoms with E-state index in [9.17, 15) is 14.8 Å². The molecule has 2 N–H and O–H groups in total. The highest BCUT2D eigenvalue weighted by molar-refractivity contribution is 7.17. The van der Waals surface area contributed by atoms with Crippen molar-refractivity contribution >= 4 is 8.69 Å². The Kier molecular flexibility index (Phi) is 3.92. The molecule has 5 heteroatoms. The van der Waals surface area contributed by atoms with E-state index in [0.29, 0.717) is 0 Å². The first-order chi connectivity index (χ1) is 8.70. The minimum Gasteiger partial charge on any atom is -0.508 e. The maximum Gasteiger partial charge on any atom is 0.495 e. The van der Waals surface area contributed by atoms with Gasteiger partial charge in [-0.2, -0.15) is 0 Å². The molecule has 2 aromatic carbocycles. The average Bonchev–Trinajstić information content (AvgIpc) is 2.39. The molecule has 0 amide bonds. The number of rotatable bonds is 4. The quantitative estimate of drug-likeness (QED) is 0.831. The average molecular weight is 263 g/mol. The Bertz CT molecular complexity index is 476. The summed E-state index contributed by atoms with van der Waals surface area (Å²) in [5, 5.41) is 18.5. The van der Waals surface area contributed by atoms with Gasteiger partial charge >= 0.3 is 8.69 Å². The summed E-state index contributed by atoms with van der Waals surface area (Å²) in [6, 6.07) is 13.0. The van der Waals surface area contributed by atoms with Crippen LogP contribution in [0, 0.1) is 0 Å². The van der Waals surface area contributed by atoms with Crippen LogP contribution in [0.4, 0.5) is 0 Å². The molecule has 2 aromatic rings.